The Kier molecular flexibility index (Phi) is 6.49. The monoisotopic (exact) mass is 393 g/mol. The number of hydrogen-bond donors (Lipinski definition) is 2. The second-order valence-electron chi connectivity index (χ2n) is 7.81. The summed E-state index contributed by atoms with van der Waals surface area (Å²) in [4.78, 5) is 8.41. The lowest BCUT2D eigenvalue weighted by Crippen LogP contribution is -2.52. The molecule has 0 saturated carbocycles. The van der Waals surface area contributed by atoms with E-state index in [9.17, 15) is 5.11 Å². The van der Waals surface area contributed by atoms with Gasteiger partial charge in [-0.25, -0.2) is 0 Å². The van der Waals surface area contributed by atoms with Gasteiger partial charge in [-0.3, -0.25) is 9.80 Å². The minimum atomic E-state index is 0.228. The number of aliphatic hydroxyl groups is 1. The molecule has 0 radical (unpaired) electrons. The van der Waals surface area contributed by atoms with Crippen molar-refractivity contribution in [1.29, 1.82) is 0 Å². The van der Waals surface area contributed by atoms with Gasteiger partial charge in [0, 0.05) is 62.5 Å². The third kappa shape index (κ3) is 4.81. The predicted molar refractivity (Wildman–Crippen MR) is 117 cm³/mol. The molecular formula is C24H31N3O2. The van der Waals surface area contributed by atoms with E-state index in [0.29, 0.717) is 12.6 Å². The molecule has 0 spiro atoms. The van der Waals surface area contributed by atoms with Gasteiger partial charge in [0.25, 0.3) is 0 Å². The molecule has 1 aliphatic heterocycles. The molecule has 0 bridgehead atoms. The number of nitrogens with zero attached hydrogens (tertiary/aromatic N) is 2. The quantitative estimate of drug-likeness (QED) is 0.614. The minimum absolute atomic E-state index is 0.228. The van der Waals surface area contributed by atoms with Crippen LogP contribution in [0, 0.1) is 0 Å². The summed E-state index contributed by atoms with van der Waals surface area (Å²) >= 11 is 0. The normalized spacial score (nSPS) is 18.3. The fourth-order valence-electron chi connectivity index (χ4n) is 4.33. The standard InChI is InChI=1S/C24H31N3O2/c1-2-29-22-9-7-19(8-10-22)16-27-13-12-26(18-21(27)11-14-28)17-20-15-25-24-6-4-3-5-23(20)24/h3-10,15,21,25,28H,2,11-14,16-18H2,1H3/t21-/m1/s1. The molecule has 154 valence electrons. The highest BCUT2D eigenvalue weighted by molar-refractivity contribution is 5.82. The van der Waals surface area contributed by atoms with Crippen LogP contribution in [0.15, 0.2) is 54.7 Å². The van der Waals surface area contributed by atoms with E-state index in [0.717, 1.165) is 44.9 Å². The summed E-state index contributed by atoms with van der Waals surface area (Å²) in [5.41, 5.74) is 3.84. The van der Waals surface area contributed by atoms with Crippen LogP contribution in [0.4, 0.5) is 0 Å². The number of aromatic amines is 1. The number of para-hydroxylation sites is 1. The highest BCUT2D eigenvalue weighted by atomic mass is 16.5. The molecule has 3 aromatic rings. The zero-order valence-electron chi connectivity index (χ0n) is 17.2. The Morgan fingerprint density at radius 1 is 1.07 bits per heavy atom. The number of fused-ring (bicyclic) bond motifs is 1. The number of hydrogen-bond acceptors (Lipinski definition) is 4. The molecule has 0 aliphatic carbocycles. The average Bonchev–Trinajstić information content (AvgIpc) is 3.15. The summed E-state index contributed by atoms with van der Waals surface area (Å²) in [6.45, 7) is 7.82. The second kappa shape index (κ2) is 9.44. The summed E-state index contributed by atoms with van der Waals surface area (Å²) in [6, 6.07) is 17.3. The molecule has 2 heterocycles. The van der Waals surface area contributed by atoms with E-state index in [4.69, 9.17) is 4.74 Å². The van der Waals surface area contributed by atoms with Gasteiger partial charge in [0.05, 0.1) is 6.61 Å². The third-order valence-electron chi connectivity index (χ3n) is 5.84. The molecule has 5 heteroatoms. The number of H-pyrrole nitrogens is 1. The van der Waals surface area contributed by atoms with Gasteiger partial charge in [-0.05, 0) is 42.7 Å². The van der Waals surface area contributed by atoms with Gasteiger partial charge in [-0.1, -0.05) is 30.3 Å². The number of nitrogens with one attached hydrogen (secondary N) is 1. The molecule has 29 heavy (non-hydrogen) atoms. The van der Waals surface area contributed by atoms with Crippen LogP contribution >= 0.6 is 0 Å². The van der Waals surface area contributed by atoms with Crippen molar-refractivity contribution in [3.05, 3.63) is 65.9 Å². The Morgan fingerprint density at radius 2 is 1.90 bits per heavy atom. The van der Waals surface area contributed by atoms with Crippen LogP contribution in [-0.2, 0) is 13.1 Å². The lowest BCUT2D eigenvalue weighted by Gasteiger charge is -2.41. The van der Waals surface area contributed by atoms with Crippen molar-refractivity contribution in [2.75, 3.05) is 32.8 Å². The zero-order valence-corrected chi connectivity index (χ0v) is 17.2. The zero-order chi connectivity index (χ0) is 20.1. The SMILES string of the molecule is CCOc1ccc(CN2CCN(Cc3c[nH]c4ccccc34)C[C@H]2CCO)cc1. The molecule has 2 aromatic carbocycles. The van der Waals surface area contributed by atoms with Crippen molar-refractivity contribution in [3.8, 4) is 5.75 Å². The Balaban J connectivity index is 1.40. The largest absolute Gasteiger partial charge is 0.494 e. The Labute approximate surface area is 172 Å². The summed E-state index contributed by atoms with van der Waals surface area (Å²) < 4.78 is 5.55. The summed E-state index contributed by atoms with van der Waals surface area (Å²) in [7, 11) is 0. The van der Waals surface area contributed by atoms with E-state index in [2.05, 4.69) is 57.4 Å². The topological polar surface area (TPSA) is 51.7 Å². The van der Waals surface area contributed by atoms with Crippen LogP contribution in [0.1, 0.15) is 24.5 Å². The van der Waals surface area contributed by atoms with Gasteiger partial charge < -0.3 is 14.8 Å². The van der Waals surface area contributed by atoms with E-state index in [-0.39, 0.29) is 6.61 Å². The van der Waals surface area contributed by atoms with Gasteiger partial charge >= 0.3 is 0 Å². The van der Waals surface area contributed by atoms with Crippen molar-refractivity contribution in [1.82, 2.24) is 14.8 Å². The van der Waals surface area contributed by atoms with E-state index in [1.807, 2.05) is 19.1 Å². The number of aliphatic hydroxyl groups excluding tert-OH is 1. The lowest BCUT2D eigenvalue weighted by atomic mass is 10.1. The van der Waals surface area contributed by atoms with Crippen molar-refractivity contribution in [2.24, 2.45) is 0 Å². The molecule has 5 nitrogen and oxygen atoms in total. The van der Waals surface area contributed by atoms with Crippen LogP contribution in [0.5, 0.6) is 5.75 Å². The van der Waals surface area contributed by atoms with Gasteiger partial charge in [0.2, 0.25) is 0 Å². The number of rotatable bonds is 8. The highest BCUT2D eigenvalue weighted by Crippen LogP contribution is 2.23. The van der Waals surface area contributed by atoms with Gasteiger partial charge in [-0.2, -0.15) is 0 Å². The Hall–Kier alpha value is -2.34. The molecule has 0 unspecified atom stereocenters. The predicted octanol–water partition coefficient (Wildman–Crippen LogP) is 3.64. The number of aromatic nitrogens is 1. The molecular weight excluding hydrogens is 362 g/mol. The van der Waals surface area contributed by atoms with E-state index >= 15 is 0 Å². The Morgan fingerprint density at radius 3 is 2.69 bits per heavy atom. The van der Waals surface area contributed by atoms with Crippen LogP contribution in [0.25, 0.3) is 10.9 Å². The van der Waals surface area contributed by atoms with Crippen molar-refractivity contribution < 1.29 is 9.84 Å². The molecule has 1 atom stereocenters. The number of piperazine rings is 1. The molecule has 1 saturated heterocycles. The van der Waals surface area contributed by atoms with Crippen molar-refractivity contribution >= 4 is 10.9 Å². The summed E-state index contributed by atoms with van der Waals surface area (Å²) in [5, 5.41) is 10.9. The number of ether oxygens (including phenoxy) is 1. The maximum atomic E-state index is 9.62. The minimum Gasteiger partial charge on any atom is -0.494 e. The molecule has 1 aliphatic rings. The summed E-state index contributed by atoms with van der Waals surface area (Å²) in [5.74, 6) is 0.923. The Bertz CT molecular complexity index is 906. The summed E-state index contributed by atoms with van der Waals surface area (Å²) in [6.07, 6.45) is 2.94. The van der Waals surface area contributed by atoms with Crippen LogP contribution in [-0.4, -0.2) is 58.8 Å². The van der Waals surface area contributed by atoms with Gasteiger partial charge in [0.15, 0.2) is 0 Å². The first-order chi connectivity index (χ1) is 14.3. The lowest BCUT2D eigenvalue weighted by molar-refractivity contribution is 0.0501. The highest BCUT2D eigenvalue weighted by Gasteiger charge is 2.27. The fraction of sp³-hybridized carbons (Fsp3) is 0.417. The van der Waals surface area contributed by atoms with Gasteiger partial charge in [-0.15, -0.1) is 0 Å². The first-order valence-electron chi connectivity index (χ1n) is 10.6. The first kappa shape index (κ1) is 20.0. The number of benzene rings is 2. The van der Waals surface area contributed by atoms with Crippen molar-refractivity contribution in [3.63, 3.8) is 0 Å². The van der Waals surface area contributed by atoms with E-state index in [1.54, 1.807) is 0 Å². The van der Waals surface area contributed by atoms with Crippen LogP contribution in [0.2, 0.25) is 0 Å². The maximum absolute atomic E-state index is 9.62. The average molecular weight is 394 g/mol. The molecule has 1 fully saturated rings. The first-order valence-corrected chi connectivity index (χ1v) is 10.6. The molecule has 1 aromatic heterocycles. The van der Waals surface area contributed by atoms with Gasteiger partial charge in [0.1, 0.15) is 5.75 Å². The van der Waals surface area contributed by atoms with Crippen LogP contribution < -0.4 is 4.74 Å². The maximum Gasteiger partial charge on any atom is 0.119 e. The van der Waals surface area contributed by atoms with E-state index in [1.165, 1.54) is 22.0 Å². The van der Waals surface area contributed by atoms with E-state index < -0.39 is 0 Å². The van der Waals surface area contributed by atoms with Crippen LogP contribution in [0.3, 0.4) is 0 Å². The molecule has 2 N–H and O–H groups in total. The smallest absolute Gasteiger partial charge is 0.119 e. The molecule has 4 rings (SSSR count). The molecule has 0 amide bonds. The fourth-order valence-corrected chi connectivity index (χ4v) is 4.33. The third-order valence-corrected chi connectivity index (χ3v) is 5.84. The second-order valence-corrected chi connectivity index (χ2v) is 7.81. The van der Waals surface area contributed by atoms with Crippen molar-refractivity contribution in [2.45, 2.75) is 32.5 Å².